The second-order valence-electron chi connectivity index (χ2n) is 6.85. The lowest BCUT2D eigenvalue weighted by atomic mass is 10.0. The zero-order valence-corrected chi connectivity index (χ0v) is 16.4. The molecule has 27 heavy (non-hydrogen) atoms. The molecular formula is C24H30O3. The molecule has 0 saturated carbocycles. The SMILES string of the molecule is C=CCCCCOc1ccc(-c2ccc(C(=O)OCC(C)CC)cc2)cc1. The van der Waals surface area contributed by atoms with E-state index in [1.54, 1.807) is 0 Å². The summed E-state index contributed by atoms with van der Waals surface area (Å²) in [6, 6.07) is 15.6. The maximum Gasteiger partial charge on any atom is 0.338 e. The minimum atomic E-state index is -0.262. The van der Waals surface area contributed by atoms with Crippen LogP contribution in [0.4, 0.5) is 0 Å². The van der Waals surface area contributed by atoms with E-state index in [-0.39, 0.29) is 5.97 Å². The average Bonchev–Trinajstić information content (AvgIpc) is 2.72. The highest BCUT2D eigenvalue weighted by Crippen LogP contribution is 2.23. The molecule has 0 aliphatic heterocycles. The molecule has 0 fully saturated rings. The van der Waals surface area contributed by atoms with Crippen LogP contribution in [0.15, 0.2) is 61.2 Å². The fourth-order valence-electron chi connectivity index (χ4n) is 2.54. The number of carbonyl (C=O) groups is 1. The van der Waals surface area contributed by atoms with Gasteiger partial charge in [0.05, 0.1) is 18.8 Å². The molecule has 0 amide bonds. The summed E-state index contributed by atoms with van der Waals surface area (Å²) >= 11 is 0. The van der Waals surface area contributed by atoms with Gasteiger partial charge in [-0.1, -0.05) is 50.6 Å². The Labute approximate surface area is 163 Å². The van der Waals surface area contributed by atoms with Crippen molar-refractivity contribution in [3.8, 4) is 16.9 Å². The van der Waals surface area contributed by atoms with Gasteiger partial charge in [-0.05, 0) is 60.6 Å². The number of hydrogen-bond donors (Lipinski definition) is 0. The monoisotopic (exact) mass is 366 g/mol. The first-order valence-corrected chi connectivity index (χ1v) is 9.75. The maximum atomic E-state index is 12.1. The van der Waals surface area contributed by atoms with E-state index in [9.17, 15) is 4.79 Å². The highest BCUT2D eigenvalue weighted by molar-refractivity contribution is 5.90. The van der Waals surface area contributed by atoms with Gasteiger partial charge in [-0.3, -0.25) is 0 Å². The van der Waals surface area contributed by atoms with Crippen LogP contribution in [0, 0.1) is 5.92 Å². The van der Waals surface area contributed by atoms with Crippen molar-refractivity contribution < 1.29 is 14.3 Å². The summed E-state index contributed by atoms with van der Waals surface area (Å²) in [5.41, 5.74) is 2.74. The molecule has 2 aromatic carbocycles. The Balaban J connectivity index is 1.88. The van der Waals surface area contributed by atoms with Crippen LogP contribution in [0.1, 0.15) is 49.9 Å². The van der Waals surface area contributed by atoms with Crippen LogP contribution in [0.25, 0.3) is 11.1 Å². The van der Waals surface area contributed by atoms with Gasteiger partial charge in [0.2, 0.25) is 0 Å². The molecule has 0 saturated heterocycles. The van der Waals surface area contributed by atoms with Gasteiger partial charge in [0, 0.05) is 0 Å². The number of carbonyl (C=O) groups excluding carboxylic acids is 1. The molecule has 3 nitrogen and oxygen atoms in total. The molecule has 0 radical (unpaired) electrons. The number of unbranched alkanes of at least 4 members (excludes halogenated alkanes) is 2. The molecular weight excluding hydrogens is 336 g/mol. The Bertz CT molecular complexity index is 701. The first-order valence-electron chi connectivity index (χ1n) is 9.75. The largest absolute Gasteiger partial charge is 0.494 e. The molecule has 3 heteroatoms. The van der Waals surface area contributed by atoms with Crippen molar-refractivity contribution >= 4 is 5.97 Å². The predicted molar refractivity (Wildman–Crippen MR) is 111 cm³/mol. The third-order valence-corrected chi connectivity index (χ3v) is 4.58. The van der Waals surface area contributed by atoms with Crippen molar-refractivity contribution in [2.75, 3.05) is 13.2 Å². The van der Waals surface area contributed by atoms with Crippen molar-refractivity contribution in [3.63, 3.8) is 0 Å². The Morgan fingerprint density at radius 2 is 1.67 bits per heavy atom. The van der Waals surface area contributed by atoms with E-state index in [2.05, 4.69) is 20.4 Å². The third kappa shape index (κ3) is 6.93. The van der Waals surface area contributed by atoms with Gasteiger partial charge in [0.1, 0.15) is 5.75 Å². The van der Waals surface area contributed by atoms with Crippen LogP contribution in [-0.2, 0) is 4.74 Å². The zero-order valence-electron chi connectivity index (χ0n) is 16.4. The van der Waals surface area contributed by atoms with E-state index in [4.69, 9.17) is 9.47 Å². The predicted octanol–water partition coefficient (Wildman–Crippen LogP) is 6.29. The van der Waals surface area contributed by atoms with E-state index in [1.165, 1.54) is 0 Å². The molecule has 0 heterocycles. The Hall–Kier alpha value is -2.55. The molecule has 0 bridgehead atoms. The molecule has 0 spiro atoms. The molecule has 1 unspecified atom stereocenters. The number of benzene rings is 2. The fraction of sp³-hybridized carbons (Fsp3) is 0.375. The third-order valence-electron chi connectivity index (χ3n) is 4.58. The lowest BCUT2D eigenvalue weighted by Crippen LogP contribution is -2.11. The summed E-state index contributed by atoms with van der Waals surface area (Å²) in [6.07, 6.45) is 6.10. The van der Waals surface area contributed by atoms with Crippen LogP contribution in [0.5, 0.6) is 5.75 Å². The first kappa shape index (κ1) is 20.8. The lowest BCUT2D eigenvalue weighted by Gasteiger charge is -2.10. The molecule has 144 valence electrons. The molecule has 2 aromatic rings. The van der Waals surface area contributed by atoms with E-state index in [1.807, 2.05) is 54.6 Å². The zero-order chi connectivity index (χ0) is 19.5. The van der Waals surface area contributed by atoms with E-state index >= 15 is 0 Å². The summed E-state index contributed by atoms with van der Waals surface area (Å²) in [6.45, 7) is 9.07. The van der Waals surface area contributed by atoms with Gasteiger partial charge < -0.3 is 9.47 Å². The van der Waals surface area contributed by atoms with Crippen LogP contribution >= 0.6 is 0 Å². The number of esters is 1. The summed E-state index contributed by atoms with van der Waals surface area (Å²) in [7, 11) is 0. The summed E-state index contributed by atoms with van der Waals surface area (Å²) < 4.78 is 11.1. The van der Waals surface area contributed by atoms with Gasteiger partial charge >= 0.3 is 5.97 Å². The second kappa shape index (κ2) is 11.2. The normalized spacial score (nSPS) is 11.6. The Morgan fingerprint density at radius 1 is 1.04 bits per heavy atom. The topological polar surface area (TPSA) is 35.5 Å². The van der Waals surface area contributed by atoms with E-state index in [0.29, 0.717) is 18.1 Å². The molecule has 0 aromatic heterocycles. The van der Waals surface area contributed by atoms with Gasteiger partial charge in [0.15, 0.2) is 0 Å². The van der Waals surface area contributed by atoms with Crippen molar-refractivity contribution in [1.82, 2.24) is 0 Å². The van der Waals surface area contributed by atoms with Crippen molar-refractivity contribution in [3.05, 3.63) is 66.7 Å². The van der Waals surface area contributed by atoms with E-state index in [0.717, 1.165) is 49.2 Å². The quantitative estimate of drug-likeness (QED) is 0.266. The Kier molecular flexibility index (Phi) is 8.63. The number of rotatable bonds is 11. The lowest BCUT2D eigenvalue weighted by molar-refractivity contribution is 0.0447. The molecule has 2 rings (SSSR count). The average molecular weight is 367 g/mol. The van der Waals surface area contributed by atoms with Crippen LogP contribution < -0.4 is 4.74 Å². The summed E-state index contributed by atoms with van der Waals surface area (Å²) in [5.74, 6) is 1.00. The van der Waals surface area contributed by atoms with Crippen LogP contribution in [0.2, 0.25) is 0 Å². The second-order valence-corrected chi connectivity index (χ2v) is 6.85. The minimum Gasteiger partial charge on any atom is -0.494 e. The Morgan fingerprint density at radius 3 is 2.26 bits per heavy atom. The van der Waals surface area contributed by atoms with Gasteiger partial charge in [0.25, 0.3) is 0 Å². The fourth-order valence-corrected chi connectivity index (χ4v) is 2.54. The molecule has 1 atom stereocenters. The first-order chi connectivity index (χ1) is 13.1. The number of hydrogen-bond acceptors (Lipinski definition) is 3. The minimum absolute atomic E-state index is 0.262. The van der Waals surface area contributed by atoms with Gasteiger partial charge in [-0.15, -0.1) is 6.58 Å². The van der Waals surface area contributed by atoms with Crippen molar-refractivity contribution in [1.29, 1.82) is 0 Å². The van der Waals surface area contributed by atoms with Gasteiger partial charge in [-0.25, -0.2) is 4.79 Å². The van der Waals surface area contributed by atoms with Crippen molar-refractivity contribution in [2.24, 2.45) is 5.92 Å². The van der Waals surface area contributed by atoms with Crippen molar-refractivity contribution in [2.45, 2.75) is 39.5 Å². The summed E-state index contributed by atoms with van der Waals surface area (Å²) in [5, 5.41) is 0. The highest BCUT2D eigenvalue weighted by Gasteiger charge is 2.09. The molecule has 0 N–H and O–H groups in total. The summed E-state index contributed by atoms with van der Waals surface area (Å²) in [4.78, 5) is 12.1. The smallest absolute Gasteiger partial charge is 0.338 e. The maximum absolute atomic E-state index is 12.1. The highest BCUT2D eigenvalue weighted by atomic mass is 16.5. The number of ether oxygens (including phenoxy) is 2. The molecule has 0 aliphatic rings. The van der Waals surface area contributed by atoms with Crippen LogP contribution in [-0.4, -0.2) is 19.2 Å². The van der Waals surface area contributed by atoms with Gasteiger partial charge in [-0.2, -0.15) is 0 Å². The number of allylic oxidation sites excluding steroid dienone is 1. The van der Waals surface area contributed by atoms with Crippen LogP contribution in [0.3, 0.4) is 0 Å². The van der Waals surface area contributed by atoms with E-state index < -0.39 is 0 Å². The standard InChI is InChI=1S/C24H30O3/c1-4-6-7-8-17-26-23-15-13-21(14-16-23)20-9-11-22(12-10-20)24(25)27-18-19(3)5-2/h4,9-16,19H,1,5-8,17-18H2,2-3H3. The molecule has 0 aliphatic carbocycles.